The zero-order valence-electron chi connectivity index (χ0n) is 17.8. The molecule has 0 saturated heterocycles. The number of hydrogen-bond donors (Lipinski definition) is 4. The Bertz CT molecular complexity index is 1270. The van der Waals surface area contributed by atoms with Crippen molar-refractivity contribution in [3.63, 3.8) is 0 Å². The Balaban J connectivity index is 1.86. The summed E-state index contributed by atoms with van der Waals surface area (Å²) in [6, 6.07) is 10.1. The number of anilines is 1. The van der Waals surface area contributed by atoms with E-state index in [4.69, 9.17) is 11.6 Å². The van der Waals surface area contributed by atoms with Crippen molar-refractivity contribution in [3.8, 4) is 0 Å². The summed E-state index contributed by atoms with van der Waals surface area (Å²) in [7, 11) is 0. The minimum absolute atomic E-state index is 0.00547. The van der Waals surface area contributed by atoms with Crippen LogP contribution in [0.15, 0.2) is 53.5 Å². The number of aromatic amines is 1. The van der Waals surface area contributed by atoms with Crippen LogP contribution in [0.5, 0.6) is 0 Å². The maximum absolute atomic E-state index is 12.9. The molecular weight excluding hydrogens is 448 g/mol. The predicted octanol–water partition coefficient (Wildman–Crippen LogP) is 2.72. The summed E-state index contributed by atoms with van der Waals surface area (Å²) in [6.45, 7) is 3.56. The van der Waals surface area contributed by atoms with Crippen LogP contribution in [0, 0.1) is 13.8 Å². The summed E-state index contributed by atoms with van der Waals surface area (Å²) in [5.74, 6) is -2.40. The van der Waals surface area contributed by atoms with Crippen molar-refractivity contribution in [2.45, 2.75) is 26.3 Å². The molecule has 1 heterocycles. The van der Waals surface area contributed by atoms with Crippen molar-refractivity contribution in [3.05, 3.63) is 92.0 Å². The van der Waals surface area contributed by atoms with Gasteiger partial charge in [0.25, 0.3) is 11.8 Å². The van der Waals surface area contributed by atoms with Crippen molar-refractivity contribution < 1.29 is 19.5 Å². The highest BCUT2D eigenvalue weighted by molar-refractivity contribution is 6.31. The lowest BCUT2D eigenvalue weighted by atomic mass is 10.0. The number of carbonyl (C=O) groups excluding carboxylic acids is 2. The Morgan fingerprint density at radius 3 is 2.39 bits per heavy atom. The van der Waals surface area contributed by atoms with Gasteiger partial charge in [0.2, 0.25) is 0 Å². The molecule has 0 bridgehead atoms. The van der Waals surface area contributed by atoms with Crippen molar-refractivity contribution in [2.75, 3.05) is 5.32 Å². The molecule has 4 N–H and O–H groups in total. The zero-order chi connectivity index (χ0) is 24.1. The van der Waals surface area contributed by atoms with Gasteiger partial charge in [0.05, 0.1) is 0 Å². The number of carboxylic acids is 1. The van der Waals surface area contributed by atoms with Crippen LogP contribution in [-0.2, 0) is 11.2 Å². The fourth-order valence-electron chi connectivity index (χ4n) is 3.33. The van der Waals surface area contributed by atoms with E-state index in [0.717, 1.165) is 11.1 Å². The van der Waals surface area contributed by atoms with Crippen LogP contribution >= 0.6 is 11.6 Å². The molecule has 10 heteroatoms. The van der Waals surface area contributed by atoms with Gasteiger partial charge in [0.1, 0.15) is 11.9 Å². The van der Waals surface area contributed by atoms with Gasteiger partial charge in [-0.05, 0) is 43.2 Å². The SMILES string of the molecule is Cc1cccc(C)c1C(=O)Nc1[nH]c(=O)ncc1CC(NC(=O)c1cccc(Cl)c1)C(=O)O. The van der Waals surface area contributed by atoms with Gasteiger partial charge in [-0.15, -0.1) is 0 Å². The van der Waals surface area contributed by atoms with E-state index in [1.165, 1.54) is 18.3 Å². The molecule has 0 aliphatic carbocycles. The Hall–Kier alpha value is -3.98. The average Bonchev–Trinajstić information content (AvgIpc) is 2.74. The molecule has 9 nitrogen and oxygen atoms in total. The Kier molecular flexibility index (Phi) is 7.24. The summed E-state index contributed by atoms with van der Waals surface area (Å²) in [5.41, 5.74) is 1.62. The van der Waals surface area contributed by atoms with E-state index < -0.39 is 29.5 Å². The largest absolute Gasteiger partial charge is 0.480 e. The Morgan fingerprint density at radius 2 is 1.76 bits per heavy atom. The molecule has 3 rings (SSSR count). The van der Waals surface area contributed by atoms with Crippen LogP contribution in [0.25, 0.3) is 0 Å². The van der Waals surface area contributed by atoms with E-state index in [1.807, 2.05) is 6.07 Å². The highest BCUT2D eigenvalue weighted by atomic mass is 35.5. The van der Waals surface area contributed by atoms with Gasteiger partial charge in [0.15, 0.2) is 0 Å². The molecule has 0 aliphatic rings. The van der Waals surface area contributed by atoms with Gasteiger partial charge in [-0.1, -0.05) is 35.9 Å². The lowest BCUT2D eigenvalue weighted by Crippen LogP contribution is -2.42. The fourth-order valence-corrected chi connectivity index (χ4v) is 3.52. The number of aliphatic carboxylic acids is 1. The van der Waals surface area contributed by atoms with Crippen LogP contribution in [0.2, 0.25) is 5.02 Å². The summed E-state index contributed by atoms with van der Waals surface area (Å²) in [4.78, 5) is 55.1. The number of halogens is 1. The smallest absolute Gasteiger partial charge is 0.346 e. The van der Waals surface area contributed by atoms with Crippen LogP contribution in [0.1, 0.15) is 37.4 Å². The number of rotatable bonds is 7. The number of hydrogen-bond acceptors (Lipinski definition) is 5. The Labute approximate surface area is 193 Å². The second-order valence-corrected chi connectivity index (χ2v) is 7.82. The molecule has 2 amide bonds. The first-order valence-corrected chi connectivity index (χ1v) is 10.3. The maximum Gasteiger partial charge on any atom is 0.346 e. The molecule has 2 aromatic carbocycles. The molecular formula is C23H21ClN4O5. The molecule has 1 aromatic heterocycles. The van der Waals surface area contributed by atoms with Crippen molar-refractivity contribution in [1.29, 1.82) is 0 Å². The molecule has 0 radical (unpaired) electrons. The topological polar surface area (TPSA) is 141 Å². The highest BCUT2D eigenvalue weighted by Gasteiger charge is 2.24. The van der Waals surface area contributed by atoms with Gasteiger partial charge < -0.3 is 15.7 Å². The number of nitrogens with one attached hydrogen (secondary N) is 3. The van der Waals surface area contributed by atoms with Gasteiger partial charge >= 0.3 is 11.7 Å². The van der Waals surface area contributed by atoms with Crippen molar-refractivity contribution in [2.24, 2.45) is 0 Å². The standard InChI is InChI=1S/C23H21ClN4O5/c1-12-5-3-6-13(2)18(12)21(30)27-19-15(11-25-23(33)28-19)10-17(22(31)32)26-20(29)14-7-4-8-16(24)9-14/h3-9,11,17H,10H2,1-2H3,(H,26,29)(H,31,32)(H2,25,27,28,30,33). The lowest BCUT2D eigenvalue weighted by Gasteiger charge is -2.17. The molecule has 33 heavy (non-hydrogen) atoms. The van der Waals surface area contributed by atoms with Gasteiger partial charge in [-0.3, -0.25) is 14.6 Å². The summed E-state index contributed by atoms with van der Waals surface area (Å²) in [5, 5.41) is 15.0. The molecule has 170 valence electrons. The second-order valence-electron chi connectivity index (χ2n) is 7.39. The first kappa shape index (κ1) is 23.7. The predicted molar refractivity (Wildman–Crippen MR) is 123 cm³/mol. The van der Waals surface area contributed by atoms with Crippen LogP contribution in [0.3, 0.4) is 0 Å². The number of carboxylic acid groups (broad SMARTS) is 1. The minimum Gasteiger partial charge on any atom is -0.480 e. The molecule has 0 saturated carbocycles. The second kappa shape index (κ2) is 10.1. The third-order valence-corrected chi connectivity index (χ3v) is 5.19. The van der Waals surface area contributed by atoms with E-state index in [2.05, 4.69) is 20.6 Å². The van der Waals surface area contributed by atoms with E-state index in [-0.39, 0.29) is 23.4 Å². The van der Waals surface area contributed by atoms with Gasteiger partial charge in [-0.25, -0.2) is 14.6 Å². The molecule has 0 fully saturated rings. The van der Waals surface area contributed by atoms with E-state index >= 15 is 0 Å². The Morgan fingerprint density at radius 1 is 1.09 bits per heavy atom. The van der Waals surface area contributed by atoms with E-state index in [0.29, 0.717) is 10.6 Å². The van der Waals surface area contributed by atoms with Crippen LogP contribution in [0.4, 0.5) is 5.82 Å². The third kappa shape index (κ3) is 5.83. The van der Waals surface area contributed by atoms with Gasteiger partial charge in [0, 0.05) is 34.3 Å². The van der Waals surface area contributed by atoms with Crippen molar-refractivity contribution in [1.82, 2.24) is 15.3 Å². The number of aromatic nitrogens is 2. The molecule has 1 unspecified atom stereocenters. The number of nitrogens with zero attached hydrogens (tertiary/aromatic N) is 1. The fraction of sp³-hybridized carbons (Fsp3) is 0.174. The number of H-pyrrole nitrogens is 1. The molecule has 0 spiro atoms. The summed E-state index contributed by atoms with van der Waals surface area (Å²) >= 11 is 5.90. The first-order chi connectivity index (χ1) is 15.7. The third-order valence-electron chi connectivity index (χ3n) is 4.95. The molecule has 3 aromatic rings. The van der Waals surface area contributed by atoms with E-state index in [1.54, 1.807) is 38.1 Å². The number of benzene rings is 2. The van der Waals surface area contributed by atoms with Gasteiger partial charge in [-0.2, -0.15) is 0 Å². The lowest BCUT2D eigenvalue weighted by molar-refractivity contribution is -0.139. The van der Waals surface area contributed by atoms with Crippen LogP contribution < -0.4 is 16.3 Å². The summed E-state index contributed by atoms with van der Waals surface area (Å²) < 4.78 is 0. The van der Waals surface area contributed by atoms with Crippen molar-refractivity contribution >= 4 is 35.2 Å². The first-order valence-electron chi connectivity index (χ1n) is 9.90. The number of aryl methyl sites for hydroxylation is 2. The highest BCUT2D eigenvalue weighted by Crippen LogP contribution is 2.18. The zero-order valence-corrected chi connectivity index (χ0v) is 18.6. The summed E-state index contributed by atoms with van der Waals surface area (Å²) in [6.07, 6.45) is 0.925. The normalized spacial score (nSPS) is 11.5. The monoisotopic (exact) mass is 468 g/mol. The minimum atomic E-state index is -1.36. The molecule has 0 aliphatic heterocycles. The molecule has 1 atom stereocenters. The number of carbonyl (C=O) groups is 3. The quantitative estimate of drug-likeness (QED) is 0.420. The number of amides is 2. The van der Waals surface area contributed by atoms with E-state index in [9.17, 15) is 24.3 Å². The maximum atomic E-state index is 12.9. The van der Waals surface area contributed by atoms with Crippen LogP contribution in [-0.4, -0.2) is 38.9 Å². The average molecular weight is 469 g/mol.